The van der Waals surface area contributed by atoms with E-state index in [1.165, 1.54) is 5.56 Å². The first-order valence-corrected chi connectivity index (χ1v) is 6.58. The largest absolute Gasteiger partial charge is 0.261 e. The fraction of sp³-hybridized carbons (Fsp3) is 0.400. The number of pyridine rings is 1. The van der Waals surface area contributed by atoms with Crippen LogP contribution >= 0.6 is 11.6 Å². The molecule has 2 rings (SSSR count). The van der Waals surface area contributed by atoms with E-state index in [1.807, 2.05) is 59.9 Å². The summed E-state index contributed by atoms with van der Waals surface area (Å²) in [7, 11) is 0. The number of aryl methyl sites for hydroxylation is 2. The van der Waals surface area contributed by atoms with E-state index in [-0.39, 0.29) is 0 Å². The lowest BCUT2D eigenvalue weighted by Gasteiger charge is -2.04. The highest BCUT2D eigenvalue weighted by Gasteiger charge is 2.03. The van der Waals surface area contributed by atoms with E-state index >= 15 is 0 Å². The Kier molecular flexibility index (Phi) is 7.56. The third kappa shape index (κ3) is 4.01. The summed E-state index contributed by atoms with van der Waals surface area (Å²) in [6.07, 6.45) is 1.81. The van der Waals surface area contributed by atoms with Crippen molar-refractivity contribution in [2.45, 2.75) is 41.5 Å². The van der Waals surface area contributed by atoms with Crippen LogP contribution in [0.15, 0.2) is 24.4 Å². The van der Waals surface area contributed by atoms with Crippen LogP contribution in [-0.2, 0) is 0 Å². The predicted octanol–water partition coefficient (Wildman–Crippen LogP) is 5.56. The van der Waals surface area contributed by atoms with Gasteiger partial charge in [-0.05, 0) is 36.9 Å². The fourth-order valence-corrected chi connectivity index (χ4v) is 1.99. The molecular formula is C15H22ClN. The summed E-state index contributed by atoms with van der Waals surface area (Å²) in [6.45, 7) is 12.0. The standard InChI is InChI=1S/C11H10ClN.2C2H6/c1-7-5-9-3-4-13-8(2)11(9)10(12)6-7;2*1-2/h3-6H,1-2H3;2*1-2H3. The minimum absolute atomic E-state index is 0.792. The zero-order valence-corrected chi connectivity index (χ0v) is 12.4. The predicted molar refractivity (Wildman–Crippen MR) is 78.9 cm³/mol. The zero-order valence-electron chi connectivity index (χ0n) is 11.6. The van der Waals surface area contributed by atoms with Gasteiger partial charge in [0.1, 0.15) is 0 Å². The molecule has 0 bridgehead atoms. The molecule has 0 fully saturated rings. The zero-order chi connectivity index (χ0) is 13.4. The molecule has 1 nitrogen and oxygen atoms in total. The van der Waals surface area contributed by atoms with Gasteiger partial charge in [-0.25, -0.2) is 0 Å². The maximum Gasteiger partial charge on any atom is 0.0505 e. The van der Waals surface area contributed by atoms with Gasteiger partial charge >= 0.3 is 0 Å². The van der Waals surface area contributed by atoms with Gasteiger partial charge in [0.2, 0.25) is 0 Å². The number of fused-ring (bicyclic) bond motifs is 1. The summed E-state index contributed by atoms with van der Waals surface area (Å²) in [5.41, 5.74) is 2.17. The maximum atomic E-state index is 6.13. The highest BCUT2D eigenvalue weighted by molar-refractivity contribution is 6.35. The highest BCUT2D eigenvalue weighted by Crippen LogP contribution is 2.26. The van der Waals surface area contributed by atoms with Gasteiger partial charge in [0, 0.05) is 17.3 Å². The quantitative estimate of drug-likeness (QED) is 0.598. The lowest BCUT2D eigenvalue weighted by molar-refractivity contribution is 1.23. The van der Waals surface area contributed by atoms with Crippen molar-refractivity contribution >= 4 is 22.4 Å². The second-order valence-electron chi connectivity index (χ2n) is 3.24. The van der Waals surface area contributed by atoms with Crippen LogP contribution in [0.2, 0.25) is 5.02 Å². The Bertz CT molecular complexity index is 464. The molecule has 0 saturated heterocycles. The van der Waals surface area contributed by atoms with Crippen molar-refractivity contribution in [1.29, 1.82) is 0 Å². The van der Waals surface area contributed by atoms with Gasteiger partial charge in [-0.3, -0.25) is 4.98 Å². The van der Waals surface area contributed by atoms with Crippen molar-refractivity contribution in [3.05, 3.63) is 40.7 Å². The van der Waals surface area contributed by atoms with Crippen molar-refractivity contribution < 1.29 is 0 Å². The van der Waals surface area contributed by atoms with Crippen molar-refractivity contribution in [3.8, 4) is 0 Å². The van der Waals surface area contributed by atoms with Crippen molar-refractivity contribution in [1.82, 2.24) is 4.98 Å². The monoisotopic (exact) mass is 251 g/mol. The lowest BCUT2D eigenvalue weighted by atomic mass is 10.1. The molecule has 0 aliphatic heterocycles. The number of benzene rings is 1. The van der Waals surface area contributed by atoms with Crippen LogP contribution in [0.5, 0.6) is 0 Å². The third-order valence-corrected chi connectivity index (χ3v) is 2.45. The molecule has 2 aromatic rings. The molecule has 94 valence electrons. The Labute approximate surface area is 110 Å². The molecule has 0 amide bonds. The Morgan fingerprint density at radius 2 is 1.59 bits per heavy atom. The first-order chi connectivity index (χ1) is 8.18. The van der Waals surface area contributed by atoms with Crippen molar-refractivity contribution in [2.75, 3.05) is 0 Å². The summed E-state index contributed by atoms with van der Waals surface area (Å²) in [4.78, 5) is 4.21. The number of nitrogens with zero attached hydrogens (tertiary/aromatic N) is 1. The fourth-order valence-electron chi connectivity index (χ4n) is 1.58. The van der Waals surface area contributed by atoms with E-state index in [4.69, 9.17) is 11.6 Å². The van der Waals surface area contributed by atoms with Crippen LogP contribution < -0.4 is 0 Å². The molecule has 17 heavy (non-hydrogen) atoms. The molecule has 0 atom stereocenters. The van der Waals surface area contributed by atoms with Crippen molar-refractivity contribution in [3.63, 3.8) is 0 Å². The molecule has 1 aromatic heterocycles. The second kappa shape index (κ2) is 8.08. The molecule has 1 heterocycles. The van der Waals surface area contributed by atoms with Crippen LogP contribution in [0, 0.1) is 13.8 Å². The van der Waals surface area contributed by atoms with Crippen LogP contribution in [0.25, 0.3) is 10.8 Å². The summed E-state index contributed by atoms with van der Waals surface area (Å²) in [6, 6.07) is 6.08. The van der Waals surface area contributed by atoms with E-state index in [9.17, 15) is 0 Å². The molecule has 2 heteroatoms. The third-order valence-electron chi connectivity index (χ3n) is 2.15. The van der Waals surface area contributed by atoms with Gasteiger partial charge in [0.25, 0.3) is 0 Å². The Balaban J connectivity index is 0.000000581. The SMILES string of the molecule is CC.CC.Cc1cc(Cl)c2c(C)nccc2c1. The van der Waals surface area contributed by atoms with Crippen LogP contribution in [0.3, 0.4) is 0 Å². The van der Waals surface area contributed by atoms with Gasteiger partial charge in [0.15, 0.2) is 0 Å². The molecule has 1 aromatic carbocycles. The second-order valence-corrected chi connectivity index (χ2v) is 3.65. The molecule has 0 N–H and O–H groups in total. The number of halogens is 1. The molecular weight excluding hydrogens is 230 g/mol. The number of hydrogen-bond acceptors (Lipinski definition) is 1. The van der Waals surface area contributed by atoms with Gasteiger partial charge in [-0.15, -0.1) is 0 Å². The van der Waals surface area contributed by atoms with Crippen LogP contribution in [0.1, 0.15) is 39.0 Å². The summed E-state index contributed by atoms with van der Waals surface area (Å²) in [5.74, 6) is 0. The number of hydrogen-bond donors (Lipinski definition) is 0. The van der Waals surface area contributed by atoms with Gasteiger partial charge in [0.05, 0.1) is 5.02 Å². The molecule has 0 radical (unpaired) electrons. The molecule has 0 unspecified atom stereocenters. The molecule has 0 aliphatic carbocycles. The summed E-state index contributed by atoms with van der Waals surface area (Å²) in [5, 5.41) is 3.02. The van der Waals surface area contributed by atoms with E-state index in [1.54, 1.807) is 0 Å². The lowest BCUT2D eigenvalue weighted by Crippen LogP contribution is -1.85. The van der Waals surface area contributed by atoms with E-state index in [0.717, 1.165) is 21.5 Å². The van der Waals surface area contributed by atoms with E-state index in [0.29, 0.717) is 0 Å². The number of aromatic nitrogens is 1. The Morgan fingerprint density at radius 3 is 2.18 bits per heavy atom. The maximum absolute atomic E-state index is 6.13. The minimum Gasteiger partial charge on any atom is -0.261 e. The Morgan fingerprint density at radius 1 is 1.00 bits per heavy atom. The Hall–Kier alpha value is -1.08. The average Bonchev–Trinajstić information content (AvgIpc) is 2.33. The van der Waals surface area contributed by atoms with Gasteiger partial charge in [-0.1, -0.05) is 45.4 Å². The molecule has 0 spiro atoms. The van der Waals surface area contributed by atoms with Crippen LogP contribution in [-0.4, -0.2) is 4.98 Å². The molecule has 0 saturated carbocycles. The summed E-state index contributed by atoms with van der Waals surface area (Å²) < 4.78 is 0. The first-order valence-electron chi connectivity index (χ1n) is 6.20. The smallest absolute Gasteiger partial charge is 0.0505 e. The van der Waals surface area contributed by atoms with Crippen molar-refractivity contribution in [2.24, 2.45) is 0 Å². The normalized spacial score (nSPS) is 8.88. The summed E-state index contributed by atoms with van der Waals surface area (Å²) >= 11 is 6.13. The number of rotatable bonds is 0. The topological polar surface area (TPSA) is 12.9 Å². The van der Waals surface area contributed by atoms with E-state index < -0.39 is 0 Å². The van der Waals surface area contributed by atoms with Gasteiger partial charge in [-0.2, -0.15) is 0 Å². The average molecular weight is 252 g/mol. The molecule has 0 aliphatic rings. The van der Waals surface area contributed by atoms with E-state index in [2.05, 4.69) is 11.1 Å². The minimum atomic E-state index is 0.792. The van der Waals surface area contributed by atoms with Crippen LogP contribution in [0.4, 0.5) is 0 Å². The first kappa shape index (κ1) is 15.9. The highest BCUT2D eigenvalue weighted by atomic mass is 35.5. The van der Waals surface area contributed by atoms with Gasteiger partial charge < -0.3 is 0 Å².